The predicted octanol–water partition coefficient (Wildman–Crippen LogP) is 1.57. The summed E-state index contributed by atoms with van der Waals surface area (Å²) in [6, 6.07) is 0.176. The van der Waals surface area contributed by atoms with Gasteiger partial charge in [-0.3, -0.25) is 4.79 Å². The average molecular weight is 199 g/mol. The van der Waals surface area contributed by atoms with Crippen molar-refractivity contribution in [2.75, 3.05) is 7.11 Å². The van der Waals surface area contributed by atoms with Gasteiger partial charge in [0.2, 0.25) is 0 Å². The molecular weight excluding hydrogens is 178 g/mol. The third-order valence-electron chi connectivity index (χ3n) is 3.99. The summed E-state index contributed by atoms with van der Waals surface area (Å²) in [5, 5.41) is 3.31. The van der Waals surface area contributed by atoms with E-state index in [-0.39, 0.29) is 22.8 Å². The molecule has 0 aliphatic heterocycles. The second-order valence-corrected chi connectivity index (χ2v) is 5.29. The van der Waals surface area contributed by atoms with Gasteiger partial charge in [0.1, 0.15) is 6.04 Å². The fourth-order valence-corrected chi connectivity index (χ4v) is 2.11. The molecule has 3 nitrogen and oxygen atoms in total. The Morgan fingerprint density at radius 2 is 1.71 bits per heavy atom. The average Bonchev–Trinajstić information content (AvgIpc) is 2.46. The van der Waals surface area contributed by atoms with E-state index in [0.717, 1.165) is 0 Å². The molecule has 0 spiro atoms. The Morgan fingerprint density at radius 3 is 2.00 bits per heavy atom. The number of hydrogen-bond donors (Lipinski definition) is 1. The van der Waals surface area contributed by atoms with Crippen LogP contribution < -0.4 is 5.32 Å². The summed E-state index contributed by atoms with van der Waals surface area (Å²) in [6.45, 7) is 10.7. The molecule has 0 radical (unpaired) electrons. The van der Waals surface area contributed by atoms with Gasteiger partial charge in [-0.05, 0) is 17.8 Å². The van der Waals surface area contributed by atoms with E-state index in [1.54, 1.807) is 0 Å². The SMILES string of the molecule is COC(=O)C(C)NC1C(C)(C)C1(C)C. The molecule has 0 bridgehead atoms. The molecule has 82 valence electrons. The number of methoxy groups -OCH3 is 1. The van der Waals surface area contributed by atoms with Gasteiger partial charge in [0.05, 0.1) is 7.11 Å². The van der Waals surface area contributed by atoms with Crippen LogP contribution in [-0.2, 0) is 9.53 Å². The first-order chi connectivity index (χ1) is 6.25. The van der Waals surface area contributed by atoms with Crippen molar-refractivity contribution in [2.24, 2.45) is 10.8 Å². The topological polar surface area (TPSA) is 38.3 Å². The van der Waals surface area contributed by atoms with Crippen LogP contribution in [0, 0.1) is 10.8 Å². The Kier molecular flexibility index (Phi) is 2.65. The highest BCUT2D eigenvalue weighted by Gasteiger charge is 2.65. The minimum atomic E-state index is -0.217. The van der Waals surface area contributed by atoms with Crippen molar-refractivity contribution in [1.29, 1.82) is 0 Å². The summed E-state index contributed by atoms with van der Waals surface area (Å²) in [6.07, 6.45) is 0. The molecule has 1 fully saturated rings. The zero-order valence-corrected chi connectivity index (χ0v) is 9.97. The van der Waals surface area contributed by atoms with E-state index in [2.05, 4.69) is 37.7 Å². The van der Waals surface area contributed by atoms with Crippen LogP contribution in [0.25, 0.3) is 0 Å². The summed E-state index contributed by atoms with van der Waals surface area (Å²) in [7, 11) is 1.42. The van der Waals surface area contributed by atoms with Crippen molar-refractivity contribution in [3.05, 3.63) is 0 Å². The van der Waals surface area contributed by atoms with Crippen LogP contribution in [0.5, 0.6) is 0 Å². The number of carbonyl (C=O) groups is 1. The highest BCUT2D eigenvalue weighted by atomic mass is 16.5. The third kappa shape index (κ3) is 1.54. The first-order valence-corrected chi connectivity index (χ1v) is 5.09. The zero-order chi connectivity index (χ0) is 11.1. The van der Waals surface area contributed by atoms with Gasteiger partial charge in [-0.1, -0.05) is 27.7 Å². The number of carbonyl (C=O) groups excluding carboxylic acids is 1. The first kappa shape index (κ1) is 11.5. The van der Waals surface area contributed by atoms with Gasteiger partial charge >= 0.3 is 5.97 Å². The molecule has 1 N–H and O–H groups in total. The predicted molar refractivity (Wildman–Crippen MR) is 56.0 cm³/mol. The molecular formula is C11H21NO2. The maximum atomic E-state index is 11.2. The van der Waals surface area contributed by atoms with E-state index in [1.165, 1.54) is 7.11 Å². The summed E-state index contributed by atoms with van der Waals surface area (Å²) >= 11 is 0. The number of rotatable bonds is 3. The molecule has 0 aromatic heterocycles. The van der Waals surface area contributed by atoms with Crippen LogP contribution in [0.15, 0.2) is 0 Å². The lowest BCUT2D eigenvalue weighted by Crippen LogP contribution is -2.38. The zero-order valence-electron chi connectivity index (χ0n) is 9.97. The molecule has 1 rings (SSSR count). The minimum absolute atomic E-state index is 0.191. The van der Waals surface area contributed by atoms with Gasteiger partial charge in [-0.25, -0.2) is 0 Å². The third-order valence-corrected chi connectivity index (χ3v) is 3.99. The van der Waals surface area contributed by atoms with Crippen LogP contribution >= 0.6 is 0 Å². The van der Waals surface area contributed by atoms with Crippen LogP contribution in [0.4, 0.5) is 0 Å². The Morgan fingerprint density at radius 1 is 1.29 bits per heavy atom. The van der Waals surface area contributed by atoms with Crippen LogP contribution in [-0.4, -0.2) is 25.2 Å². The Balaban J connectivity index is 2.53. The molecule has 1 atom stereocenters. The smallest absolute Gasteiger partial charge is 0.322 e. The number of hydrogen-bond acceptors (Lipinski definition) is 3. The standard InChI is InChI=1S/C11H21NO2/c1-7(8(13)14-6)12-9-10(2,3)11(9,4)5/h7,9,12H,1-6H3. The monoisotopic (exact) mass is 199 g/mol. The lowest BCUT2D eigenvalue weighted by atomic mass is 10.0. The second-order valence-electron chi connectivity index (χ2n) is 5.29. The van der Waals surface area contributed by atoms with Crippen LogP contribution in [0.2, 0.25) is 0 Å². The van der Waals surface area contributed by atoms with Crippen molar-refractivity contribution in [3.8, 4) is 0 Å². The molecule has 1 aliphatic rings. The first-order valence-electron chi connectivity index (χ1n) is 5.09. The number of nitrogens with one attached hydrogen (secondary N) is 1. The molecule has 1 saturated carbocycles. The van der Waals surface area contributed by atoms with Gasteiger partial charge in [0, 0.05) is 6.04 Å². The summed E-state index contributed by atoms with van der Waals surface area (Å²) < 4.78 is 4.68. The van der Waals surface area contributed by atoms with Gasteiger partial charge < -0.3 is 10.1 Å². The van der Waals surface area contributed by atoms with E-state index in [4.69, 9.17) is 0 Å². The largest absolute Gasteiger partial charge is 0.468 e. The Bertz CT molecular complexity index is 232. The van der Waals surface area contributed by atoms with Crippen LogP contribution in [0.3, 0.4) is 0 Å². The highest BCUT2D eigenvalue weighted by Crippen LogP contribution is 2.62. The summed E-state index contributed by atoms with van der Waals surface area (Å²) in [5.74, 6) is -0.191. The fraction of sp³-hybridized carbons (Fsp3) is 0.909. The summed E-state index contributed by atoms with van der Waals surface area (Å²) in [5.41, 5.74) is 0.518. The maximum absolute atomic E-state index is 11.2. The van der Waals surface area contributed by atoms with E-state index in [0.29, 0.717) is 6.04 Å². The van der Waals surface area contributed by atoms with E-state index in [1.807, 2.05) is 6.92 Å². The van der Waals surface area contributed by atoms with Crippen molar-refractivity contribution in [1.82, 2.24) is 5.32 Å². The molecule has 0 aromatic rings. The fourth-order valence-electron chi connectivity index (χ4n) is 2.11. The molecule has 0 saturated heterocycles. The Labute approximate surface area is 86.2 Å². The van der Waals surface area contributed by atoms with Gasteiger partial charge in [0.15, 0.2) is 0 Å². The molecule has 3 heteroatoms. The maximum Gasteiger partial charge on any atom is 0.322 e. The van der Waals surface area contributed by atoms with Crippen molar-refractivity contribution in [2.45, 2.75) is 46.7 Å². The van der Waals surface area contributed by atoms with E-state index < -0.39 is 0 Å². The Hall–Kier alpha value is -0.570. The highest BCUT2D eigenvalue weighted by molar-refractivity contribution is 5.75. The lowest BCUT2D eigenvalue weighted by molar-refractivity contribution is -0.142. The number of ether oxygens (including phenoxy) is 1. The van der Waals surface area contributed by atoms with Crippen molar-refractivity contribution >= 4 is 5.97 Å². The minimum Gasteiger partial charge on any atom is -0.468 e. The van der Waals surface area contributed by atoms with Gasteiger partial charge in [-0.2, -0.15) is 0 Å². The summed E-state index contributed by atoms with van der Waals surface area (Å²) in [4.78, 5) is 11.2. The second kappa shape index (κ2) is 3.23. The van der Waals surface area contributed by atoms with Crippen molar-refractivity contribution in [3.63, 3.8) is 0 Å². The normalized spacial score (nSPS) is 25.6. The van der Waals surface area contributed by atoms with Gasteiger partial charge in [0.25, 0.3) is 0 Å². The van der Waals surface area contributed by atoms with Crippen LogP contribution in [0.1, 0.15) is 34.6 Å². The molecule has 14 heavy (non-hydrogen) atoms. The quantitative estimate of drug-likeness (QED) is 0.701. The molecule has 0 amide bonds. The number of esters is 1. The molecule has 0 aromatic carbocycles. The van der Waals surface area contributed by atoms with Gasteiger partial charge in [-0.15, -0.1) is 0 Å². The van der Waals surface area contributed by atoms with Crippen molar-refractivity contribution < 1.29 is 9.53 Å². The van der Waals surface area contributed by atoms with E-state index >= 15 is 0 Å². The van der Waals surface area contributed by atoms with E-state index in [9.17, 15) is 4.79 Å². The lowest BCUT2D eigenvalue weighted by Gasteiger charge is -2.12. The molecule has 1 unspecified atom stereocenters. The molecule has 1 aliphatic carbocycles. The molecule has 0 heterocycles.